The molecule has 0 spiro atoms. The number of nitrogens with one attached hydrogen (secondary N) is 1. The van der Waals surface area contributed by atoms with E-state index in [1.54, 1.807) is 6.08 Å². The predicted molar refractivity (Wildman–Crippen MR) is 119 cm³/mol. The smallest absolute Gasteiger partial charge is 0.234 e. The number of benzene rings is 2. The molecule has 3 aromatic rings. The Kier molecular flexibility index (Phi) is 6.70. The Morgan fingerprint density at radius 1 is 1.21 bits per heavy atom. The molecule has 2 aromatic carbocycles. The third kappa shape index (κ3) is 4.72. The lowest BCUT2D eigenvalue weighted by Gasteiger charge is -2.10. The lowest BCUT2D eigenvalue weighted by molar-refractivity contribution is -0.113. The van der Waals surface area contributed by atoms with Gasteiger partial charge in [0.05, 0.1) is 5.75 Å². The van der Waals surface area contributed by atoms with Crippen LogP contribution in [-0.2, 0) is 11.3 Å². The molecule has 1 aromatic heterocycles. The molecule has 0 atom stereocenters. The van der Waals surface area contributed by atoms with E-state index >= 15 is 0 Å². The van der Waals surface area contributed by atoms with Gasteiger partial charge in [-0.05, 0) is 43.2 Å². The number of aromatic nitrogens is 3. The Balaban J connectivity index is 1.73. The third-order valence-electron chi connectivity index (χ3n) is 4.19. The first-order valence-corrected chi connectivity index (χ1v) is 10.6. The topological polar surface area (TPSA) is 59.8 Å². The number of carbonyl (C=O) groups is 1. The van der Waals surface area contributed by atoms with E-state index in [0.717, 1.165) is 32.7 Å². The summed E-state index contributed by atoms with van der Waals surface area (Å²) in [6, 6.07) is 13.8. The van der Waals surface area contributed by atoms with Crippen molar-refractivity contribution in [3.05, 3.63) is 70.7 Å². The van der Waals surface area contributed by atoms with Crippen LogP contribution in [-0.4, -0.2) is 26.4 Å². The van der Waals surface area contributed by atoms with Crippen molar-refractivity contribution in [2.45, 2.75) is 25.5 Å². The molecule has 5 nitrogen and oxygen atoms in total. The lowest BCUT2D eigenvalue weighted by atomic mass is 10.1. The molecule has 0 aliphatic carbocycles. The van der Waals surface area contributed by atoms with Crippen LogP contribution in [0.4, 0.5) is 5.69 Å². The highest BCUT2D eigenvalue weighted by molar-refractivity contribution is 9.10. The molecule has 7 heteroatoms. The minimum atomic E-state index is -0.0858. The molecule has 1 amide bonds. The van der Waals surface area contributed by atoms with Crippen molar-refractivity contribution in [2.75, 3.05) is 11.1 Å². The second kappa shape index (κ2) is 9.21. The maximum atomic E-state index is 12.4. The Morgan fingerprint density at radius 2 is 2.00 bits per heavy atom. The molecule has 0 unspecified atom stereocenters. The Labute approximate surface area is 177 Å². The Morgan fingerprint density at radius 3 is 2.71 bits per heavy atom. The van der Waals surface area contributed by atoms with Crippen LogP contribution < -0.4 is 5.32 Å². The fourth-order valence-corrected chi connectivity index (χ4v) is 3.76. The summed E-state index contributed by atoms with van der Waals surface area (Å²) in [5.41, 5.74) is 4.00. The van der Waals surface area contributed by atoms with Gasteiger partial charge in [0.25, 0.3) is 0 Å². The number of anilines is 1. The highest BCUT2D eigenvalue weighted by Crippen LogP contribution is 2.26. The first-order valence-electron chi connectivity index (χ1n) is 8.78. The highest BCUT2D eigenvalue weighted by Gasteiger charge is 2.16. The summed E-state index contributed by atoms with van der Waals surface area (Å²) in [6.07, 6.45) is 1.81. The third-order valence-corrected chi connectivity index (χ3v) is 6.05. The van der Waals surface area contributed by atoms with Gasteiger partial charge in [-0.25, -0.2) is 0 Å². The van der Waals surface area contributed by atoms with Crippen molar-refractivity contribution in [1.82, 2.24) is 14.8 Å². The molecule has 0 radical (unpaired) electrons. The number of thioether (sulfide) groups is 1. The summed E-state index contributed by atoms with van der Waals surface area (Å²) in [7, 11) is 0. The second-order valence-corrected chi connectivity index (χ2v) is 8.12. The van der Waals surface area contributed by atoms with E-state index in [0.29, 0.717) is 11.7 Å². The Hall–Kier alpha value is -2.38. The highest BCUT2D eigenvalue weighted by atomic mass is 79.9. The van der Waals surface area contributed by atoms with Gasteiger partial charge in [0.2, 0.25) is 5.91 Å². The summed E-state index contributed by atoms with van der Waals surface area (Å²) in [5, 5.41) is 12.3. The number of hydrogen-bond donors (Lipinski definition) is 1. The molecule has 1 N–H and O–H groups in total. The van der Waals surface area contributed by atoms with E-state index in [4.69, 9.17) is 0 Å². The summed E-state index contributed by atoms with van der Waals surface area (Å²) in [6.45, 7) is 8.44. The number of hydrogen-bond acceptors (Lipinski definition) is 4. The molecule has 0 saturated heterocycles. The van der Waals surface area contributed by atoms with Crippen molar-refractivity contribution >= 4 is 39.3 Å². The lowest BCUT2D eigenvalue weighted by Crippen LogP contribution is -2.14. The number of carbonyl (C=O) groups excluding carboxylic acids is 1. The molecular formula is C21H21BrN4OS. The van der Waals surface area contributed by atoms with Gasteiger partial charge in [-0.1, -0.05) is 58.0 Å². The van der Waals surface area contributed by atoms with Gasteiger partial charge in [0.15, 0.2) is 11.0 Å². The van der Waals surface area contributed by atoms with E-state index < -0.39 is 0 Å². The number of halogens is 1. The standard InChI is InChI=1S/C21H21BrN4OS/c1-4-11-26-20(17-8-6-5-7-14(17)2)24-25-21(26)28-13-19(27)23-16-9-10-18(22)15(3)12-16/h4-10,12H,1,11,13H2,2-3H3,(H,23,27). The van der Waals surface area contributed by atoms with E-state index in [1.807, 2.05) is 60.9 Å². The number of nitrogens with zero attached hydrogens (tertiary/aromatic N) is 3. The van der Waals surface area contributed by atoms with Crippen molar-refractivity contribution in [2.24, 2.45) is 0 Å². The molecule has 28 heavy (non-hydrogen) atoms. The fourth-order valence-electron chi connectivity index (χ4n) is 2.76. The minimum Gasteiger partial charge on any atom is -0.325 e. The number of allylic oxidation sites excluding steroid dienone is 1. The summed E-state index contributed by atoms with van der Waals surface area (Å²) in [5.74, 6) is 0.944. The van der Waals surface area contributed by atoms with Crippen LogP contribution in [0.3, 0.4) is 0 Å². The zero-order valence-electron chi connectivity index (χ0n) is 15.8. The summed E-state index contributed by atoms with van der Waals surface area (Å²) in [4.78, 5) is 12.4. The molecule has 0 aliphatic heterocycles. The van der Waals surface area contributed by atoms with E-state index in [1.165, 1.54) is 11.8 Å². The first kappa shape index (κ1) is 20.4. The van der Waals surface area contributed by atoms with Crippen molar-refractivity contribution in [3.63, 3.8) is 0 Å². The number of aryl methyl sites for hydroxylation is 2. The van der Waals surface area contributed by atoms with Gasteiger partial charge in [-0.15, -0.1) is 16.8 Å². The van der Waals surface area contributed by atoms with Crippen LogP contribution in [0, 0.1) is 13.8 Å². The predicted octanol–water partition coefficient (Wildman–Crippen LogP) is 5.24. The van der Waals surface area contributed by atoms with E-state index in [9.17, 15) is 4.79 Å². The van der Waals surface area contributed by atoms with E-state index in [-0.39, 0.29) is 11.7 Å². The maximum absolute atomic E-state index is 12.4. The molecule has 1 heterocycles. The SMILES string of the molecule is C=CCn1c(SCC(=O)Nc2ccc(Br)c(C)c2)nnc1-c1ccccc1C. The summed E-state index contributed by atoms with van der Waals surface area (Å²) < 4.78 is 3.00. The average Bonchev–Trinajstić information content (AvgIpc) is 3.06. The van der Waals surface area contributed by atoms with Crippen LogP contribution in [0.1, 0.15) is 11.1 Å². The molecule has 0 aliphatic rings. The summed E-state index contributed by atoms with van der Waals surface area (Å²) >= 11 is 4.83. The van der Waals surface area contributed by atoms with Gasteiger partial charge in [0, 0.05) is 22.3 Å². The van der Waals surface area contributed by atoms with Crippen LogP contribution in [0.5, 0.6) is 0 Å². The zero-order chi connectivity index (χ0) is 20.1. The molecule has 144 valence electrons. The van der Waals surface area contributed by atoms with Crippen LogP contribution in [0.25, 0.3) is 11.4 Å². The minimum absolute atomic E-state index is 0.0858. The van der Waals surface area contributed by atoms with Crippen molar-refractivity contribution in [3.8, 4) is 11.4 Å². The van der Waals surface area contributed by atoms with Gasteiger partial charge < -0.3 is 5.32 Å². The number of rotatable bonds is 7. The molecule has 0 bridgehead atoms. The number of amides is 1. The van der Waals surface area contributed by atoms with Crippen molar-refractivity contribution in [1.29, 1.82) is 0 Å². The largest absolute Gasteiger partial charge is 0.325 e. The molecule has 0 fully saturated rings. The van der Waals surface area contributed by atoms with Crippen LogP contribution in [0.2, 0.25) is 0 Å². The van der Waals surface area contributed by atoms with Gasteiger partial charge >= 0.3 is 0 Å². The van der Waals surface area contributed by atoms with Gasteiger partial charge in [-0.3, -0.25) is 9.36 Å². The molecule has 0 saturated carbocycles. The quantitative estimate of drug-likeness (QED) is 0.389. The van der Waals surface area contributed by atoms with Gasteiger partial charge in [-0.2, -0.15) is 0 Å². The van der Waals surface area contributed by atoms with Crippen LogP contribution >= 0.6 is 27.7 Å². The van der Waals surface area contributed by atoms with E-state index in [2.05, 4.69) is 38.0 Å². The normalized spacial score (nSPS) is 10.7. The maximum Gasteiger partial charge on any atom is 0.234 e. The first-order chi connectivity index (χ1) is 13.5. The fraction of sp³-hybridized carbons (Fsp3) is 0.190. The van der Waals surface area contributed by atoms with Gasteiger partial charge in [0.1, 0.15) is 0 Å². The monoisotopic (exact) mass is 456 g/mol. The zero-order valence-corrected chi connectivity index (χ0v) is 18.2. The molecular weight excluding hydrogens is 436 g/mol. The van der Waals surface area contributed by atoms with Crippen LogP contribution in [0.15, 0.2) is 64.7 Å². The molecule has 3 rings (SSSR count). The van der Waals surface area contributed by atoms with Crippen molar-refractivity contribution < 1.29 is 4.79 Å². The Bertz CT molecular complexity index is 1020. The second-order valence-electron chi connectivity index (χ2n) is 6.32. The average molecular weight is 457 g/mol.